The molecule has 0 radical (unpaired) electrons. The van der Waals surface area contributed by atoms with Crippen molar-refractivity contribution in [1.29, 1.82) is 0 Å². The largest absolute Gasteiger partial charge is 0.461 e. The minimum atomic E-state index is -0.334. The lowest BCUT2D eigenvalue weighted by Crippen LogP contribution is -2.54. The molecule has 3 aromatic carbocycles. The van der Waals surface area contributed by atoms with E-state index in [-0.39, 0.29) is 24.8 Å². The number of carbonyl (C=O) groups excluding carboxylic acids is 1. The van der Waals surface area contributed by atoms with Gasteiger partial charge in [0.15, 0.2) is 0 Å². The average Bonchev–Trinajstić information content (AvgIpc) is 2.76. The van der Waals surface area contributed by atoms with Crippen LogP contribution in [0.25, 0.3) is 0 Å². The number of para-hydroxylation sites is 2. The summed E-state index contributed by atoms with van der Waals surface area (Å²) in [4.78, 5) is 14.4. The summed E-state index contributed by atoms with van der Waals surface area (Å²) in [5.41, 5.74) is 9.39. The van der Waals surface area contributed by atoms with Crippen molar-refractivity contribution >= 4 is 17.3 Å². The lowest BCUT2D eigenvalue weighted by atomic mass is 9.90. The van der Waals surface area contributed by atoms with Gasteiger partial charge in [-0.1, -0.05) is 48.5 Å². The number of hydrogen-bond donors (Lipinski definition) is 2. The van der Waals surface area contributed by atoms with E-state index in [4.69, 9.17) is 10.5 Å². The molecule has 148 valence electrons. The van der Waals surface area contributed by atoms with Gasteiger partial charge in [0.2, 0.25) is 0 Å². The van der Waals surface area contributed by atoms with Crippen LogP contribution in [-0.4, -0.2) is 25.3 Å². The molecule has 3 aromatic rings. The van der Waals surface area contributed by atoms with Crippen molar-refractivity contribution in [2.75, 3.05) is 23.4 Å². The molecule has 0 saturated carbocycles. The SMILES string of the molecule is NCCOC(=O)c1ccc(C2CC(Nc3ccccc3)N2c2ccccc2)cc1. The van der Waals surface area contributed by atoms with Gasteiger partial charge >= 0.3 is 5.97 Å². The molecule has 1 aliphatic heterocycles. The van der Waals surface area contributed by atoms with E-state index >= 15 is 0 Å². The second-order valence-electron chi connectivity index (χ2n) is 7.07. The van der Waals surface area contributed by atoms with Crippen LogP contribution < -0.4 is 16.0 Å². The Balaban J connectivity index is 1.52. The second-order valence-corrected chi connectivity index (χ2v) is 7.07. The van der Waals surface area contributed by atoms with Crippen LogP contribution in [0.4, 0.5) is 11.4 Å². The van der Waals surface area contributed by atoms with E-state index in [0.29, 0.717) is 12.1 Å². The standard InChI is InChI=1S/C24H25N3O2/c25-15-16-29-24(28)19-13-11-18(12-14-19)22-17-23(26-20-7-3-1-4-8-20)27(22)21-9-5-2-6-10-21/h1-14,22-23,26H,15-17,25H2. The third-order valence-corrected chi connectivity index (χ3v) is 5.16. The molecule has 1 heterocycles. The van der Waals surface area contributed by atoms with Gasteiger partial charge in [-0.3, -0.25) is 0 Å². The van der Waals surface area contributed by atoms with Crippen molar-refractivity contribution in [3.63, 3.8) is 0 Å². The zero-order valence-corrected chi connectivity index (χ0v) is 16.2. The maximum Gasteiger partial charge on any atom is 0.338 e. The van der Waals surface area contributed by atoms with Gasteiger partial charge < -0.3 is 20.7 Å². The lowest BCUT2D eigenvalue weighted by molar-refractivity contribution is 0.0516. The fourth-order valence-electron chi connectivity index (χ4n) is 3.71. The molecule has 4 rings (SSSR count). The molecule has 0 aliphatic carbocycles. The van der Waals surface area contributed by atoms with Crippen LogP contribution in [0.5, 0.6) is 0 Å². The highest BCUT2D eigenvalue weighted by molar-refractivity contribution is 5.89. The summed E-state index contributed by atoms with van der Waals surface area (Å²) < 4.78 is 5.11. The Labute approximate surface area is 171 Å². The number of nitrogens with zero attached hydrogens (tertiary/aromatic N) is 1. The van der Waals surface area contributed by atoms with Gasteiger partial charge in [-0.25, -0.2) is 4.79 Å². The average molecular weight is 387 g/mol. The van der Waals surface area contributed by atoms with Gasteiger partial charge in [0.25, 0.3) is 0 Å². The van der Waals surface area contributed by atoms with E-state index in [1.807, 2.05) is 48.5 Å². The Kier molecular flexibility index (Phi) is 5.77. The van der Waals surface area contributed by atoms with Gasteiger partial charge in [-0.2, -0.15) is 0 Å². The van der Waals surface area contributed by atoms with Crippen LogP contribution in [-0.2, 0) is 4.74 Å². The van der Waals surface area contributed by atoms with E-state index in [2.05, 4.69) is 46.6 Å². The Morgan fingerprint density at radius 3 is 2.28 bits per heavy atom. The Morgan fingerprint density at radius 2 is 1.62 bits per heavy atom. The van der Waals surface area contributed by atoms with E-state index in [1.165, 1.54) is 11.3 Å². The second kappa shape index (κ2) is 8.80. The minimum Gasteiger partial charge on any atom is -0.461 e. The van der Waals surface area contributed by atoms with E-state index in [0.717, 1.165) is 12.1 Å². The number of esters is 1. The van der Waals surface area contributed by atoms with Gasteiger partial charge in [0, 0.05) is 24.3 Å². The highest BCUT2D eigenvalue weighted by Gasteiger charge is 2.39. The summed E-state index contributed by atoms with van der Waals surface area (Å²) in [6.07, 6.45) is 1.18. The quantitative estimate of drug-likeness (QED) is 0.595. The lowest BCUT2D eigenvalue weighted by Gasteiger charge is -2.51. The van der Waals surface area contributed by atoms with Gasteiger partial charge in [-0.15, -0.1) is 0 Å². The van der Waals surface area contributed by atoms with Crippen LogP contribution in [0.1, 0.15) is 28.4 Å². The van der Waals surface area contributed by atoms with Crippen molar-refractivity contribution in [2.24, 2.45) is 5.73 Å². The molecule has 5 heteroatoms. The topological polar surface area (TPSA) is 67.6 Å². The van der Waals surface area contributed by atoms with Crippen molar-refractivity contribution in [2.45, 2.75) is 18.6 Å². The van der Waals surface area contributed by atoms with Gasteiger partial charge in [-0.05, 0) is 42.0 Å². The molecule has 1 aliphatic rings. The summed E-state index contributed by atoms with van der Waals surface area (Å²) in [7, 11) is 0. The zero-order chi connectivity index (χ0) is 20.1. The van der Waals surface area contributed by atoms with Crippen molar-refractivity contribution in [3.8, 4) is 0 Å². The molecule has 2 unspecified atom stereocenters. The van der Waals surface area contributed by atoms with Crippen molar-refractivity contribution in [3.05, 3.63) is 96.1 Å². The Morgan fingerprint density at radius 1 is 0.966 bits per heavy atom. The molecule has 1 saturated heterocycles. The molecule has 0 spiro atoms. The normalized spacial score (nSPS) is 18.0. The predicted molar refractivity (Wildman–Crippen MR) is 116 cm³/mol. The number of carbonyl (C=O) groups is 1. The molecule has 0 amide bonds. The fraction of sp³-hybridized carbons (Fsp3) is 0.208. The zero-order valence-electron chi connectivity index (χ0n) is 16.2. The molecular weight excluding hydrogens is 362 g/mol. The van der Waals surface area contributed by atoms with E-state index in [1.54, 1.807) is 0 Å². The monoisotopic (exact) mass is 387 g/mol. The first-order valence-corrected chi connectivity index (χ1v) is 9.88. The third-order valence-electron chi connectivity index (χ3n) is 5.16. The number of rotatable bonds is 7. The highest BCUT2D eigenvalue weighted by Crippen LogP contribution is 2.42. The van der Waals surface area contributed by atoms with Crippen molar-refractivity contribution in [1.82, 2.24) is 0 Å². The Hall–Kier alpha value is -3.31. The number of anilines is 2. The molecule has 0 aromatic heterocycles. The first-order valence-electron chi connectivity index (χ1n) is 9.88. The first kappa shape index (κ1) is 19.0. The summed E-state index contributed by atoms with van der Waals surface area (Å²) in [6.45, 7) is 0.561. The van der Waals surface area contributed by atoms with Crippen molar-refractivity contribution < 1.29 is 9.53 Å². The summed E-state index contributed by atoms with van der Waals surface area (Å²) in [5, 5.41) is 3.62. The summed E-state index contributed by atoms with van der Waals surface area (Å²) in [5.74, 6) is -0.334. The predicted octanol–water partition coefficient (Wildman–Crippen LogP) is 4.19. The summed E-state index contributed by atoms with van der Waals surface area (Å²) >= 11 is 0. The van der Waals surface area contributed by atoms with E-state index < -0.39 is 0 Å². The van der Waals surface area contributed by atoms with Gasteiger partial charge in [0.1, 0.15) is 12.8 Å². The molecule has 0 bridgehead atoms. The molecular formula is C24H25N3O2. The minimum absolute atomic E-state index is 0.207. The number of hydrogen-bond acceptors (Lipinski definition) is 5. The number of nitrogens with two attached hydrogens (primary N) is 1. The van der Waals surface area contributed by atoms with E-state index in [9.17, 15) is 4.79 Å². The molecule has 29 heavy (non-hydrogen) atoms. The first-order chi connectivity index (χ1) is 14.3. The maximum absolute atomic E-state index is 12.0. The third kappa shape index (κ3) is 4.25. The Bertz CT molecular complexity index is 929. The highest BCUT2D eigenvalue weighted by atomic mass is 16.5. The van der Waals surface area contributed by atoms with Crippen LogP contribution in [0.15, 0.2) is 84.9 Å². The fourth-order valence-corrected chi connectivity index (χ4v) is 3.71. The molecule has 3 N–H and O–H groups in total. The smallest absolute Gasteiger partial charge is 0.338 e. The van der Waals surface area contributed by atoms with Crippen LogP contribution in [0, 0.1) is 0 Å². The van der Waals surface area contributed by atoms with Crippen LogP contribution >= 0.6 is 0 Å². The number of ether oxygens (including phenoxy) is 1. The van der Waals surface area contributed by atoms with Gasteiger partial charge in [0.05, 0.1) is 11.6 Å². The summed E-state index contributed by atoms with van der Waals surface area (Å²) in [6, 6.07) is 28.6. The van der Waals surface area contributed by atoms with Crippen LogP contribution in [0.2, 0.25) is 0 Å². The molecule has 2 atom stereocenters. The van der Waals surface area contributed by atoms with Crippen LogP contribution in [0.3, 0.4) is 0 Å². The number of benzene rings is 3. The number of nitrogens with one attached hydrogen (secondary N) is 1. The molecule has 1 fully saturated rings. The maximum atomic E-state index is 12.0. The molecule has 5 nitrogen and oxygen atoms in total.